The van der Waals surface area contributed by atoms with Crippen LogP contribution in [0.1, 0.15) is 0 Å². The number of hydrogen-bond acceptors (Lipinski definition) is 2. The first-order valence-corrected chi connectivity index (χ1v) is 6.90. The zero-order valence-electron chi connectivity index (χ0n) is 8.11. The average Bonchev–Trinajstić information content (AvgIpc) is 2.30. The van der Waals surface area contributed by atoms with E-state index in [1.807, 2.05) is 24.5 Å². The van der Waals surface area contributed by atoms with Crippen LogP contribution in [0.25, 0.3) is 21.8 Å². The number of fused-ring (bicyclic) bond motifs is 3. The molecular formula is C12H6I2N2. The molecule has 0 radical (unpaired) electrons. The fourth-order valence-corrected chi connectivity index (χ4v) is 2.95. The van der Waals surface area contributed by atoms with Gasteiger partial charge >= 0.3 is 0 Å². The van der Waals surface area contributed by atoms with Crippen LogP contribution in [0.2, 0.25) is 0 Å². The molecule has 0 saturated carbocycles. The summed E-state index contributed by atoms with van der Waals surface area (Å²) in [6.07, 6.45) is 3.68. The van der Waals surface area contributed by atoms with E-state index in [0.29, 0.717) is 0 Å². The van der Waals surface area contributed by atoms with E-state index in [9.17, 15) is 0 Å². The Kier molecular flexibility index (Phi) is 2.70. The van der Waals surface area contributed by atoms with Gasteiger partial charge in [-0.15, -0.1) is 0 Å². The Hall–Kier alpha value is -0.500. The molecule has 2 nitrogen and oxygen atoms in total. The minimum absolute atomic E-state index is 0.989. The van der Waals surface area contributed by atoms with Crippen LogP contribution in [0.15, 0.2) is 36.7 Å². The van der Waals surface area contributed by atoms with Gasteiger partial charge in [0, 0.05) is 30.3 Å². The Morgan fingerprint density at radius 2 is 1.12 bits per heavy atom. The van der Waals surface area contributed by atoms with Crippen molar-refractivity contribution in [3.05, 3.63) is 43.8 Å². The number of hydrogen-bond donors (Lipinski definition) is 0. The zero-order valence-corrected chi connectivity index (χ0v) is 12.4. The Morgan fingerprint density at radius 3 is 1.56 bits per heavy atom. The van der Waals surface area contributed by atoms with Gasteiger partial charge in [-0.3, -0.25) is 9.97 Å². The first-order chi connectivity index (χ1) is 7.77. The molecule has 2 heterocycles. The van der Waals surface area contributed by atoms with E-state index in [2.05, 4.69) is 67.3 Å². The lowest BCUT2D eigenvalue weighted by atomic mass is 10.1. The molecule has 16 heavy (non-hydrogen) atoms. The van der Waals surface area contributed by atoms with Gasteiger partial charge in [-0.2, -0.15) is 0 Å². The van der Waals surface area contributed by atoms with E-state index in [0.717, 1.165) is 11.0 Å². The van der Waals surface area contributed by atoms with Crippen molar-refractivity contribution in [3.8, 4) is 0 Å². The summed E-state index contributed by atoms with van der Waals surface area (Å²) in [6, 6.07) is 8.28. The smallest absolute Gasteiger partial charge is 0.0975 e. The lowest BCUT2D eigenvalue weighted by molar-refractivity contribution is 1.36. The second-order valence-electron chi connectivity index (χ2n) is 3.44. The van der Waals surface area contributed by atoms with Gasteiger partial charge in [0.05, 0.1) is 11.0 Å². The maximum atomic E-state index is 4.44. The van der Waals surface area contributed by atoms with Gasteiger partial charge in [-0.1, -0.05) is 12.1 Å². The van der Waals surface area contributed by atoms with Crippen molar-refractivity contribution in [2.75, 3.05) is 0 Å². The number of rotatable bonds is 0. The molecule has 2 aromatic heterocycles. The van der Waals surface area contributed by atoms with Gasteiger partial charge in [-0.05, 0) is 57.3 Å². The maximum Gasteiger partial charge on any atom is 0.0975 e. The van der Waals surface area contributed by atoms with Crippen molar-refractivity contribution in [2.24, 2.45) is 0 Å². The van der Waals surface area contributed by atoms with E-state index < -0.39 is 0 Å². The van der Waals surface area contributed by atoms with Crippen LogP contribution in [-0.2, 0) is 0 Å². The normalized spacial score (nSPS) is 11.1. The van der Waals surface area contributed by atoms with Crippen LogP contribution in [0.5, 0.6) is 0 Å². The van der Waals surface area contributed by atoms with E-state index >= 15 is 0 Å². The van der Waals surface area contributed by atoms with E-state index in [-0.39, 0.29) is 0 Å². The maximum absolute atomic E-state index is 4.44. The van der Waals surface area contributed by atoms with Crippen molar-refractivity contribution < 1.29 is 0 Å². The first kappa shape index (κ1) is 10.6. The third-order valence-electron chi connectivity index (χ3n) is 2.51. The van der Waals surface area contributed by atoms with Crippen LogP contribution in [0, 0.1) is 7.14 Å². The lowest BCUT2D eigenvalue weighted by Gasteiger charge is -2.04. The highest BCUT2D eigenvalue weighted by atomic mass is 127. The summed E-state index contributed by atoms with van der Waals surface area (Å²) in [5, 5.41) is 2.34. The topological polar surface area (TPSA) is 25.8 Å². The predicted molar refractivity (Wildman–Crippen MR) is 82.5 cm³/mol. The third-order valence-corrected chi connectivity index (χ3v) is 4.40. The summed E-state index contributed by atoms with van der Waals surface area (Å²) >= 11 is 4.66. The van der Waals surface area contributed by atoms with Crippen molar-refractivity contribution in [3.63, 3.8) is 0 Å². The highest BCUT2D eigenvalue weighted by molar-refractivity contribution is 14.1. The minimum atomic E-state index is 0.989. The molecule has 0 saturated heterocycles. The monoisotopic (exact) mass is 432 g/mol. The zero-order chi connectivity index (χ0) is 11.1. The third kappa shape index (κ3) is 1.58. The van der Waals surface area contributed by atoms with E-state index in [4.69, 9.17) is 0 Å². The molecule has 3 rings (SSSR count). The van der Waals surface area contributed by atoms with Crippen molar-refractivity contribution >= 4 is 67.0 Å². The largest absolute Gasteiger partial charge is 0.254 e. The molecule has 78 valence electrons. The summed E-state index contributed by atoms with van der Waals surface area (Å²) in [6.45, 7) is 0. The van der Waals surface area contributed by atoms with Gasteiger partial charge in [0.2, 0.25) is 0 Å². The molecule has 0 aliphatic rings. The molecule has 0 aliphatic heterocycles. The Bertz CT molecular complexity index is 634. The van der Waals surface area contributed by atoms with Crippen LogP contribution in [0.4, 0.5) is 0 Å². The number of aromatic nitrogens is 2. The second kappa shape index (κ2) is 4.06. The fourth-order valence-electron chi connectivity index (χ4n) is 1.76. The van der Waals surface area contributed by atoms with Gasteiger partial charge in [0.15, 0.2) is 0 Å². The Labute approximate surface area is 120 Å². The summed E-state index contributed by atoms with van der Waals surface area (Å²) in [7, 11) is 0. The average molecular weight is 432 g/mol. The number of nitrogens with zero attached hydrogens (tertiary/aromatic N) is 2. The summed E-state index contributed by atoms with van der Waals surface area (Å²) in [5.74, 6) is 0. The predicted octanol–water partition coefficient (Wildman–Crippen LogP) is 3.99. The highest BCUT2D eigenvalue weighted by Gasteiger charge is 2.06. The molecule has 0 aliphatic carbocycles. The quantitative estimate of drug-likeness (QED) is 0.397. The molecule has 0 amide bonds. The molecule has 4 heteroatoms. The molecule has 0 N–H and O–H groups in total. The Morgan fingerprint density at radius 1 is 0.688 bits per heavy atom. The van der Waals surface area contributed by atoms with Gasteiger partial charge in [0.25, 0.3) is 0 Å². The molecule has 0 atom stereocenters. The van der Waals surface area contributed by atoms with Crippen molar-refractivity contribution in [2.45, 2.75) is 0 Å². The van der Waals surface area contributed by atoms with Crippen molar-refractivity contribution in [1.82, 2.24) is 9.97 Å². The minimum Gasteiger partial charge on any atom is -0.254 e. The molecule has 3 aromatic rings. The number of benzene rings is 1. The molecule has 0 unspecified atom stereocenters. The standard InChI is InChI=1S/C12H6I2N2/c13-9-3-5-15-11-7(9)1-2-8-10(14)4-6-16-12(8)11/h1-6H. The second-order valence-corrected chi connectivity index (χ2v) is 5.77. The molecule has 0 bridgehead atoms. The van der Waals surface area contributed by atoms with Crippen LogP contribution in [0.3, 0.4) is 0 Å². The van der Waals surface area contributed by atoms with Crippen molar-refractivity contribution in [1.29, 1.82) is 0 Å². The molecule has 0 spiro atoms. The summed E-state index contributed by atoms with van der Waals surface area (Å²) in [4.78, 5) is 8.88. The van der Waals surface area contributed by atoms with Gasteiger partial charge < -0.3 is 0 Å². The molecule has 0 fully saturated rings. The Balaban J connectivity index is 2.60. The number of pyridine rings is 2. The summed E-state index contributed by atoms with van der Waals surface area (Å²) < 4.78 is 2.43. The highest BCUT2D eigenvalue weighted by Crippen LogP contribution is 2.27. The molecule has 1 aromatic carbocycles. The fraction of sp³-hybridized carbons (Fsp3) is 0. The van der Waals surface area contributed by atoms with Gasteiger partial charge in [-0.25, -0.2) is 0 Å². The van der Waals surface area contributed by atoms with E-state index in [1.165, 1.54) is 17.9 Å². The number of halogens is 2. The van der Waals surface area contributed by atoms with E-state index in [1.54, 1.807) is 0 Å². The molecular weight excluding hydrogens is 426 g/mol. The van der Waals surface area contributed by atoms with Gasteiger partial charge in [0.1, 0.15) is 0 Å². The SMILES string of the molecule is Ic1ccnc2c1ccc1c(I)ccnc12. The summed E-state index contributed by atoms with van der Waals surface area (Å²) in [5.41, 5.74) is 1.98. The van der Waals surface area contributed by atoms with Crippen LogP contribution >= 0.6 is 45.2 Å². The first-order valence-electron chi connectivity index (χ1n) is 4.75. The van der Waals surface area contributed by atoms with Crippen LogP contribution < -0.4 is 0 Å². The van der Waals surface area contributed by atoms with Crippen LogP contribution in [-0.4, -0.2) is 9.97 Å². The lowest BCUT2D eigenvalue weighted by Crippen LogP contribution is -1.88.